The molecule has 21 heavy (non-hydrogen) atoms. The van der Waals surface area contributed by atoms with Crippen LogP contribution in [-0.4, -0.2) is 33.3 Å². The molecule has 1 aromatic rings. The SMILES string of the molecule is Cc1[nH]ncc1CNC(=O)NC1CCCCCC1C(=O)O. The van der Waals surface area contributed by atoms with Crippen LogP contribution in [0.25, 0.3) is 0 Å². The first-order valence-electron chi connectivity index (χ1n) is 7.34. The molecule has 1 aliphatic rings. The van der Waals surface area contributed by atoms with Crippen LogP contribution in [0.2, 0.25) is 0 Å². The molecule has 0 bridgehead atoms. The molecule has 2 unspecified atom stereocenters. The van der Waals surface area contributed by atoms with Gasteiger partial charge < -0.3 is 15.7 Å². The second kappa shape index (κ2) is 7.10. The number of urea groups is 1. The zero-order chi connectivity index (χ0) is 15.2. The summed E-state index contributed by atoms with van der Waals surface area (Å²) >= 11 is 0. The van der Waals surface area contributed by atoms with Crippen LogP contribution in [0.4, 0.5) is 4.79 Å². The lowest BCUT2D eigenvalue weighted by Crippen LogP contribution is -2.47. The highest BCUT2D eigenvalue weighted by molar-refractivity contribution is 5.76. The lowest BCUT2D eigenvalue weighted by molar-refractivity contribution is -0.142. The molecule has 2 rings (SSSR count). The molecule has 2 atom stereocenters. The highest BCUT2D eigenvalue weighted by Crippen LogP contribution is 2.23. The Kier molecular flexibility index (Phi) is 5.19. The number of nitrogens with zero attached hydrogens (tertiary/aromatic N) is 1. The molecule has 0 spiro atoms. The number of amides is 2. The average molecular weight is 294 g/mol. The number of carboxylic acids is 1. The molecule has 4 N–H and O–H groups in total. The Morgan fingerprint density at radius 3 is 2.81 bits per heavy atom. The molecule has 0 aromatic carbocycles. The number of aliphatic carboxylic acids is 1. The van der Waals surface area contributed by atoms with Gasteiger partial charge in [0, 0.05) is 23.8 Å². The third kappa shape index (κ3) is 4.21. The minimum Gasteiger partial charge on any atom is -0.481 e. The van der Waals surface area contributed by atoms with Crippen LogP contribution in [0.1, 0.15) is 43.4 Å². The van der Waals surface area contributed by atoms with Crippen molar-refractivity contribution in [2.24, 2.45) is 5.92 Å². The van der Waals surface area contributed by atoms with Gasteiger partial charge in [0.2, 0.25) is 0 Å². The van der Waals surface area contributed by atoms with Crippen molar-refractivity contribution < 1.29 is 14.7 Å². The molecule has 1 fully saturated rings. The summed E-state index contributed by atoms with van der Waals surface area (Å²) in [5.41, 5.74) is 1.83. The van der Waals surface area contributed by atoms with Crippen molar-refractivity contribution in [3.8, 4) is 0 Å². The third-order valence-corrected chi connectivity index (χ3v) is 4.02. The van der Waals surface area contributed by atoms with E-state index in [9.17, 15) is 14.7 Å². The zero-order valence-corrected chi connectivity index (χ0v) is 12.2. The number of hydrogen-bond acceptors (Lipinski definition) is 3. The largest absolute Gasteiger partial charge is 0.481 e. The minimum atomic E-state index is -0.826. The van der Waals surface area contributed by atoms with E-state index in [1.165, 1.54) is 0 Å². The van der Waals surface area contributed by atoms with Gasteiger partial charge in [0.05, 0.1) is 12.1 Å². The molecule has 116 valence electrons. The van der Waals surface area contributed by atoms with Gasteiger partial charge >= 0.3 is 12.0 Å². The Morgan fingerprint density at radius 2 is 2.14 bits per heavy atom. The lowest BCUT2D eigenvalue weighted by atomic mass is 9.95. The Bertz CT molecular complexity index is 500. The maximum Gasteiger partial charge on any atom is 0.315 e. The molecule has 0 radical (unpaired) electrons. The number of H-pyrrole nitrogens is 1. The molecule has 1 heterocycles. The highest BCUT2D eigenvalue weighted by atomic mass is 16.4. The maximum absolute atomic E-state index is 12.0. The van der Waals surface area contributed by atoms with E-state index >= 15 is 0 Å². The molecule has 0 aliphatic heterocycles. The monoisotopic (exact) mass is 294 g/mol. The van der Waals surface area contributed by atoms with Crippen LogP contribution in [-0.2, 0) is 11.3 Å². The quantitative estimate of drug-likeness (QED) is 0.632. The van der Waals surface area contributed by atoms with Crippen molar-refractivity contribution in [2.75, 3.05) is 0 Å². The van der Waals surface area contributed by atoms with E-state index in [1.54, 1.807) is 6.20 Å². The number of aryl methyl sites for hydroxylation is 1. The van der Waals surface area contributed by atoms with Crippen LogP contribution in [0, 0.1) is 12.8 Å². The molecule has 2 amide bonds. The standard InChI is InChI=1S/C14H22N4O3/c1-9-10(8-16-18-9)7-15-14(21)17-12-6-4-2-3-5-11(12)13(19)20/h8,11-12H,2-7H2,1H3,(H,16,18)(H,19,20)(H2,15,17,21). The smallest absolute Gasteiger partial charge is 0.315 e. The normalized spacial score (nSPS) is 22.3. The maximum atomic E-state index is 12.0. The average Bonchev–Trinajstić information content (AvgIpc) is 2.70. The van der Waals surface area contributed by atoms with Gasteiger partial charge in [-0.1, -0.05) is 19.3 Å². The summed E-state index contributed by atoms with van der Waals surface area (Å²) in [5, 5.41) is 21.5. The number of hydrogen-bond donors (Lipinski definition) is 4. The van der Waals surface area contributed by atoms with Crippen molar-refractivity contribution in [1.82, 2.24) is 20.8 Å². The van der Waals surface area contributed by atoms with Gasteiger partial charge in [-0.2, -0.15) is 5.10 Å². The molecule has 1 aromatic heterocycles. The zero-order valence-electron chi connectivity index (χ0n) is 12.2. The Balaban J connectivity index is 1.87. The van der Waals surface area contributed by atoms with Crippen molar-refractivity contribution in [3.63, 3.8) is 0 Å². The summed E-state index contributed by atoms with van der Waals surface area (Å²) in [6, 6.07) is -0.621. The first kappa shape index (κ1) is 15.3. The molecule has 7 heteroatoms. The second-order valence-electron chi connectivity index (χ2n) is 5.54. The predicted molar refractivity (Wildman–Crippen MR) is 76.7 cm³/mol. The molecular weight excluding hydrogens is 272 g/mol. The number of carboxylic acid groups (broad SMARTS) is 1. The summed E-state index contributed by atoms with van der Waals surface area (Å²) in [6.07, 6.45) is 5.90. The van der Waals surface area contributed by atoms with Crippen LogP contribution in [0.3, 0.4) is 0 Å². The van der Waals surface area contributed by atoms with E-state index in [4.69, 9.17) is 0 Å². The van der Waals surface area contributed by atoms with E-state index < -0.39 is 11.9 Å². The van der Waals surface area contributed by atoms with E-state index in [2.05, 4.69) is 20.8 Å². The summed E-state index contributed by atoms with van der Waals surface area (Å²) < 4.78 is 0. The highest BCUT2D eigenvalue weighted by Gasteiger charge is 2.30. The van der Waals surface area contributed by atoms with Gasteiger partial charge in [-0.3, -0.25) is 9.89 Å². The number of carbonyl (C=O) groups excluding carboxylic acids is 1. The minimum absolute atomic E-state index is 0.296. The lowest BCUT2D eigenvalue weighted by Gasteiger charge is -2.23. The van der Waals surface area contributed by atoms with Crippen LogP contribution < -0.4 is 10.6 Å². The van der Waals surface area contributed by atoms with Gasteiger partial charge in [-0.25, -0.2) is 4.79 Å². The molecule has 7 nitrogen and oxygen atoms in total. The van der Waals surface area contributed by atoms with E-state index in [0.29, 0.717) is 13.0 Å². The number of rotatable bonds is 4. The van der Waals surface area contributed by atoms with E-state index in [-0.39, 0.29) is 12.1 Å². The Hall–Kier alpha value is -2.05. The first-order valence-corrected chi connectivity index (χ1v) is 7.34. The van der Waals surface area contributed by atoms with Gasteiger partial charge in [0.15, 0.2) is 0 Å². The van der Waals surface area contributed by atoms with Gasteiger partial charge in [-0.15, -0.1) is 0 Å². The predicted octanol–water partition coefficient (Wildman–Crippen LogP) is 1.55. The Labute approximate surface area is 123 Å². The molecular formula is C14H22N4O3. The summed E-state index contributed by atoms with van der Waals surface area (Å²) in [7, 11) is 0. The third-order valence-electron chi connectivity index (χ3n) is 4.02. The Morgan fingerprint density at radius 1 is 1.38 bits per heavy atom. The fourth-order valence-corrected chi connectivity index (χ4v) is 2.72. The van der Waals surface area contributed by atoms with E-state index in [0.717, 1.165) is 36.9 Å². The summed E-state index contributed by atoms with van der Waals surface area (Å²) in [4.78, 5) is 23.3. The van der Waals surface area contributed by atoms with Crippen LogP contribution in [0.5, 0.6) is 0 Å². The van der Waals surface area contributed by atoms with E-state index in [1.807, 2.05) is 6.92 Å². The van der Waals surface area contributed by atoms with Crippen LogP contribution in [0.15, 0.2) is 6.20 Å². The second-order valence-corrected chi connectivity index (χ2v) is 5.54. The number of aromatic nitrogens is 2. The van der Waals surface area contributed by atoms with Crippen LogP contribution >= 0.6 is 0 Å². The molecule has 1 saturated carbocycles. The fourth-order valence-electron chi connectivity index (χ4n) is 2.72. The van der Waals surface area contributed by atoms with Crippen molar-refractivity contribution in [1.29, 1.82) is 0 Å². The van der Waals surface area contributed by atoms with Crippen molar-refractivity contribution in [3.05, 3.63) is 17.5 Å². The van der Waals surface area contributed by atoms with Gasteiger partial charge in [-0.05, 0) is 19.8 Å². The van der Waals surface area contributed by atoms with Gasteiger partial charge in [0.25, 0.3) is 0 Å². The van der Waals surface area contributed by atoms with Gasteiger partial charge in [0.1, 0.15) is 0 Å². The first-order chi connectivity index (χ1) is 10.1. The molecule has 0 saturated heterocycles. The number of nitrogens with one attached hydrogen (secondary N) is 3. The topological polar surface area (TPSA) is 107 Å². The van der Waals surface area contributed by atoms with Crippen molar-refractivity contribution in [2.45, 2.75) is 51.6 Å². The summed E-state index contributed by atoms with van der Waals surface area (Å²) in [6.45, 7) is 2.26. The number of carbonyl (C=O) groups is 2. The fraction of sp³-hybridized carbons (Fsp3) is 0.643. The summed E-state index contributed by atoms with van der Waals surface area (Å²) in [5.74, 6) is -1.32. The molecule has 1 aliphatic carbocycles. The van der Waals surface area contributed by atoms with Crippen molar-refractivity contribution >= 4 is 12.0 Å². The number of aromatic amines is 1.